The molecule has 5 heteroatoms. The summed E-state index contributed by atoms with van der Waals surface area (Å²) in [7, 11) is 1.91. The quantitative estimate of drug-likeness (QED) is 0.730. The first-order valence-electron chi connectivity index (χ1n) is 8.17. The summed E-state index contributed by atoms with van der Waals surface area (Å²) in [6.07, 6.45) is 3.96. The van der Waals surface area contributed by atoms with Gasteiger partial charge in [-0.05, 0) is 23.3 Å². The molecule has 0 radical (unpaired) electrons. The van der Waals surface area contributed by atoms with E-state index in [0.717, 1.165) is 17.0 Å². The minimum absolute atomic E-state index is 0.00759. The highest BCUT2D eigenvalue weighted by Crippen LogP contribution is 2.28. The van der Waals surface area contributed by atoms with E-state index in [1.807, 2.05) is 72.4 Å². The van der Waals surface area contributed by atoms with Crippen molar-refractivity contribution in [1.29, 1.82) is 0 Å². The van der Waals surface area contributed by atoms with Crippen molar-refractivity contribution in [3.63, 3.8) is 0 Å². The van der Waals surface area contributed by atoms with Crippen LogP contribution in [0, 0.1) is 0 Å². The van der Waals surface area contributed by atoms with Gasteiger partial charge in [0, 0.05) is 36.8 Å². The van der Waals surface area contributed by atoms with Gasteiger partial charge in [0.15, 0.2) is 0 Å². The Morgan fingerprint density at radius 1 is 1.12 bits per heavy atom. The second-order valence-corrected chi connectivity index (χ2v) is 6.39. The molecule has 1 aromatic heterocycles. The van der Waals surface area contributed by atoms with Gasteiger partial charge in [0.25, 0.3) is 0 Å². The number of benzene rings is 2. The van der Waals surface area contributed by atoms with Gasteiger partial charge in [0.1, 0.15) is 5.82 Å². The molecule has 1 N–H and O–H groups in total. The molecule has 1 atom stereocenters. The Balaban J connectivity index is 1.74. The molecule has 0 saturated carbocycles. The zero-order chi connectivity index (χ0) is 17.6. The van der Waals surface area contributed by atoms with Crippen LogP contribution in [0.15, 0.2) is 67.0 Å². The van der Waals surface area contributed by atoms with Crippen LogP contribution in [-0.2, 0) is 18.4 Å². The van der Waals surface area contributed by atoms with Crippen molar-refractivity contribution >= 4 is 17.5 Å². The number of rotatable bonds is 6. The Bertz CT molecular complexity index is 828. The summed E-state index contributed by atoms with van der Waals surface area (Å²) in [6.45, 7) is 0.421. The lowest BCUT2D eigenvalue weighted by Gasteiger charge is -2.18. The number of nitrogens with one attached hydrogen (secondary N) is 1. The third-order valence-corrected chi connectivity index (χ3v) is 4.48. The van der Waals surface area contributed by atoms with Crippen LogP contribution in [-0.4, -0.2) is 15.5 Å². The van der Waals surface area contributed by atoms with Gasteiger partial charge in [0.2, 0.25) is 5.91 Å². The summed E-state index contributed by atoms with van der Waals surface area (Å²) in [5.41, 5.74) is 2.18. The Hall–Kier alpha value is -2.59. The molecule has 0 saturated heterocycles. The molecule has 1 unspecified atom stereocenters. The molecule has 0 aliphatic heterocycles. The van der Waals surface area contributed by atoms with E-state index in [-0.39, 0.29) is 11.8 Å². The summed E-state index contributed by atoms with van der Waals surface area (Å²) >= 11 is 6.00. The smallest absolute Gasteiger partial charge is 0.221 e. The molecule has 0 bridgehead atoms. The van der Waals surface area contributed by atoms with Gasteiger partial charge < -0.3 is 9.88 Å². The molecule has 4 nitrogen and oxygen atoms in total. The number of carbonyl (C=O) groups excluding carboxylic acids is 1. The number of halogens is 1. The second-order valence-electron chi connectivity index (χ2n) is 5.95. The van der Waals surface area contributed by atoms with Crippen molar-refractivity contribution in [2.45, 2.75) is 18.9 Å². The first-order chi connectivity index (χ1) is 12.1. The molecule has 1 heterocycles. The molecular weight excluding hydrogens is 334 g/mol. The van der Waals surface area contributed by atoms with Gasteiger partial charge in [-0.25, -0.2) is 4.98 Å². The first-order valence-corrected chi connectivity index (χ1v) is 8.54. The van der Waals surface area contributed by atoms with Gasteiger partial charge in [-0.2, -0.15) is 0 Å². The highest BCUT2D eigenvalue weighted by molar-refractivity contribution is 6.30. The summed E-state index contributed by atoms with van der Waals surface area (Å²) in [6, 6.07) is 17.7. The molecule has 3 aromatic rings. The van der Waals surface area contributed by atoms with Crippen LogP contribution < -0.4 is 5.32 Å². The Kier molecular flexibility index (Phi) is 5.51. The van der Waals surface area contributed by atoms with Crippen molar-refractivity contribution in [2.75, 3.05) is 0 Å². The van der Waals surface area contributed by atoms with Crippen LogP contribution in [0.4, 0.5) is 0 Å². The number of aryl methyl sites for hydroxylation is 1. The van der Waals surface area contributed by atoms with Crippen molar-refractivity contribution in [2.24, 2.45) is 7.05 Å². The molecule has 1 amide bonds. The highest BCUT2D eigenvalue weighted by Gasteiger charge is 2.18. The lowest BCUT2D eigenvalue weighted by molar-refractivity contribution is -0.121. The Morgan fingerprint density at radius 3 is 2.44 bits per heavy atom. The van der Waals surface area contributed by atoms with Gasteiger partial charge in [-0.15, -0.1) is 0 Å². The first kappa shape index (κ1) is 17.2. The fourth-order valence-corrected chi connectivity index (χ4v) is 2.94. The SMILES string of the molecule is Cn1ccnc1CNC(=O)CC(c1ccccc1)c1ccc(Cl)cc1. The zero-order valence-electron chi connectivity index (χ0n) is 14.0. The van der Waals surface area contributed by atoms with E-state index in [0.29, 0.717) is 18.0 Å². The monoisotopic (exact) mass is 353 g/mol. The van der Waals surface area contributed by atoms with Crippen LogP contribution in [0.3, 0.4) is 0 Å². The third-order valence-electron chi connectivity index (χ3n) is 4.23. The summed E-state index contributed by atoms with van der Waals surface area (Å²) in [5, 5.41) is 3.65. The van der Waals surface area contributed by atoms with E-state index in [1.165, 1.54) is 0 Å². The average Bonchev–Trinajstić information content (AvgIpc) is 3.04. The normalized spacial score (nSPS) is 11.9. The zero-order valence-corrected chi connectivity index (χ0v) is 14.8. The van der Waals surface area contributed by atoms with Crippen molar-refractivity contribution in [3.8, 4) is 0 Å². The molecule has 0 fully saturated rings. The van der Waals surface area contributed by atoms with E-state index in [1.54, 1.807) is 6.20 Å². The minimum atomic E-state index is -0.0140. The van der Waals surface area contributed by atoms with E-state index in [2.05, 4.69) is 10.3 Å². The number of imidazole rings is 1. The molecular formula is C20H20ClN3O. The largest absolute Gasteiger partial charge is 0.349 e. The van der Waals surface area contributed by atoms with Crippen molar-refractivity contribution in [3.05, 3.63) is 89.0 Å². The molecule has 2 aromatic carbocycles. The van der Waals surface area contributed by atoms with E-state index in [9.17, 15) is 4.79 Å². The van der Waals surface area contributed by atoms with E-state index >= 15 is 0 Å². The summed E-state index contributed by atoms with van der Waals surface area (Å²) in [4.78, 5) is 16.7. The Labute approximate surface area is 152 Å². The van der Waals surface area contributed by atoms with Crippen LogP contribution in [0.1, 0.15) is 29.3 Å². The maximum Gasteiger partial charge on any atom is 0.221 e. The number of nitrogens with zero attached hydrogens (tertiary/aromatic N) is 2. The molecule has 128 valence electrons. The van der Waals surface area contributed by atoms with Crippen LogP contribution in [0.2, 0.25) is 5.02 Å². The summed E-state index contributed by atoms with van der Waals surface area (Å²) in [5.74, 6) is 0.808. The third kappa shape index (κ3) is 4.48. The van der Waals surface area contributed by atoms with Crippen molar-refractivity contribution in [1.82, 2.24) is 14.9 Å². The average molecular weight is 354 g/mol. The number of hydrogen-bond donors (Lipinski definition) is 1. The van der Waals surface area contributed by atoms with Crippen LogP contribution >= 0.6 is 11.6 Å². The molecule has 3 rings (SSSR count). The fourth-order valence-electron chi connectivity index (χ4n) is 2.81. The minimum Gasteiger partial charge on any atom is -0.349 e. The maximum absolute atomic E-state index is 12.5. The van der Waals surface area contributed by atoms with Crippen molar-refractivity contribution < 1.29 is 4.79 Å². The topological polar surface area (TPSA) is 46.9 Å². The number of carbonyl (C=O) groups is 1. The van der Waals surface area contributed by atoms with Gasteiger partial charge in [0.05, 0.1) is 6.54 Å². The predicted octanol–water partition coefficient (Wildman–Crippen LogP) is 3.91. The molecule has 0 aliphatic carbocycles. The molecule has 0 spiro atoms. The number of amides is 1. The van der Waals surface area contributed by atoms with Gasteiger partial charge >= 0.3 is 0 Å². The fraction of sp³-hybridized carbons (Fsp3) is 0.200. The molecule has 0 aliphatic rings. The maximum atomic E-state index is 12.5. The second kappa shape index (κ2) is 7.99. The predicted molar refractivity (Wildman–Crippen MR) is 99.4 cm³/mol. The number of hydrogen-bond acceptors (Lipinski definition) is 2. The van der Waals surface area contributed by atoms with E-state index in [4.69, 9.17) is 11.6 Å². The lowest BCUT2D eigenvalue weighted by atomic mass is 9.88. The van der Waals surface area contributed by atoms with Gasteiger partial charge in [-0.3, -0.25) is 4.79 Å². The van der Waals surface area contributed by atoms with Gasteiger partial charge in [-0.1, -0.05) is 54.1 Å². The van der Waals surface area contributed by atoms with Crippen LogP contribution in [0.25, 0.3) is 0 Å². The highest BCUT2D eigenvalue weighted by atomic mass is 35.5. The summed E-state index contributed by atoms with van der Waals surface area (Å²) < 4.78 is 1.90. The Morgan fingerprint density at radius 2 is 1.80 bits per heavy atom. The lowest BCUT2D eigenvalue weighted by Crippen LogP contribution is -2.26. The molecule has 25 heavy (non-hydrogen) atoms. The number of aromatic nitrogens is 2. The van der Waals surface area contributed by atoms with Crippen LogP contribution in [0.5, 0.6) is 0 Å². The van der Waals surface area contributed by atoms with E-state index < -0.39 is 0 Å². The standard InChI is InChI=1S/C20H20ClN3O/c1-24-12-11-22-19(24)14-23-20(25)13-18(15-5-3-2-4-6-15)16-7-9-17(21)10-8-16/h2-12,18H,13-14H2,1H3,(H,23,25).